The molecule has 0 N–H and O–H groups in total. The third kappa shape index (κ3) is 3.26. The Morgan fingerprint density at radius 1 is 1.44 bits per heavy atom. The number of methoxy groups -OCH3 is 1. The van der Waals surface area contributed by atoms with Crippen LogP contribution in [-0.2, 0) is 11.2 Å². The van der Waals surface area contributed by atoms with Crippen molar-refractivity contribution in [3.63, 3.8) is 0 Å². The number of hydrogen-bond acceptors (Lipinski definition) is 2. The second kappa shape index (κ2) is 5.54. The van der Waals surface area contributed by atoms with Crippen molar-refractivity contribution in [2.75, 3.05) is 21.2 Å². The van der Waals surface area contributed by atoms with Gasteiger partial charge in [0.1, 0.15) is 5.75 Å². The molecule has 3 heteroatoms. The maximum Gasteiger partial charge on any atom is 0.225 e. The number of nitrogens with zero attached hydrogens (tertiary/aromatic N) is 1. The Morgan fingerprint density at radius 2 is 2.12 bits per heavy atom. The predicted molar refractivity (Wildman–Crippen MR) is 64.6 cm³/mol. The summed E-state index contributed by atoms with van der Waals surface area (Å²) >= 11 is 0. The summed E-state index contributed by atoms with van der Waals surface area (Å²) in [6, 6.07) is 7.84. The van der Waals surface area contributed by atoms with Crippen LogP contribution in [0.15, 0.2) is 24.3 Å². The van der Waals surface area contributed by atoms with Gasteiger partial charge in [-0.2, -0.15) is 0 Å². The smallest absolute Gasteiger partial charge is 0.225 e. The quantitative estimate of drug-likeness (QED) is 0.778. The minimum Gasteiger partial charge on any atom is -0.497 e. The first-order chi connectivity index (χ1) is 7.54. The van der Waals surface area contributed by atoms with Crippen LogP contribution in [-0.4, -0.2) is 32.0 Å². The minimum atomic E-state index is 0.00195. The lowest BCUT2D eigenvalue weighted by Gasteiger charge is -2.16. The second-order valence-electron chi connectivity index (χ2n) is 4.19. The molecule has 0 heterocycles. The largest absolute Gasteiger partial charge is 0.497 e. The van der Waals surface area contributed by atoms with E-state index < -0.39 is 0 Å². The molecule has 1 rings (SSSR count). The van der Waals surface area contributed by atoms with Gasteiger partial charge in [0.05, 0.1) is 7.11 Å². The third-order valence-electron chi connectivity index (χ3n) is 2.54. The average Bonchev–Trinajstić information content (AvgIpc) is 2.28. The molecule has 3 nitrogen and oxygen atoms in total. The highest BCUT2D eigenvalue weighted by Crippen LogP contribution is 2.16. The van der Waals surface area contributed by atoms with Gasteiger partial charge in [-0.15, -0.1) is 0 Å². The fourth-order valence-corrected chi connectivity index (χ4v) is 1.68. The molecule has 0 aliphatic rings. The van der Waals surface area contributed by atoms with E-state index in [4.69, 9.17) is 4.74 Å². The van der Waals surface area contributed by atoms with Gasteiger partial charge in [-0.3, -0.25) is 4.79 Å². The third-order valence-corrected chi connectivity index (χ3v) is 2.54. The summed E-state index contributed by atoms with van der Waals surface area (Å²) in [5.74, 6) is 0.993. The van der Waals surface area contributed by atoms with Crippen LogP contribution in [0.4, 0.5) is 0 Å². The zero-order chi connectivity index (χ0) is 12.1. The molecule has 1 atom stereocenters. The summed E-state index contributed by atoms with van der Waals surface area (Å²) in [5, 5.41) is 0. The van der Waals surface area contributed by atoms with Crippen LogP contribution < -0.4 is 4.74 Å². The molecule has 0 fully saturated rings. The van der Waals surface area contributed by atoms with E-state index in [1.54, 1.807) is 26.1 Å². The second-order valence-corrected chi connectivity index (χ2v) is 4.19. The molecule has 1 aromatic rings. The molecule has 88 valence electrons. The predicted octanol–water partition coefficient (Wildman–Crippen LogP) is 1.96. The molecule has 0 aromatic heterocycles. The molecule has 0 spiro atoms. The molecule has 0 aliphatic heterocycles. The fraction of sp³-hybridized carbons (Fsp3) is 0.462. The Bertz CT molecular complexity index is 361. The molecule has 0 aliphatic carbocycles. The van der Waals surface area contributed by atoms with Crippen molar-refractivity contribution < 1.29 is 9.53 Å². The SMILES string of the molecule is COc1cccc(CC(C)C(=O)N(C)C)c1. The molecular formula is C13H19NO2. The highest BCUT2D eigenvalue weighted by atomic mass is 16.5. The van der Waals surface area contributed by atoms with E-state index in [1.165, 1.54) is 0 Å². The van der Waals surface area contributed by atoms with Crippen molar-refractivity contribution in [1.29, 1.82) is 0 Å². The summed E-state index contributed by atoms with van der Waals surface area (Å²) in [5.41, 5.74) is 1.13. The highest BCUT2D eigenvalue weighted by Gasteiger charge is 2.15. The monoisotopic (exact) mass is 221 g/mol. The van der Waals surface area contributed by atoms with Gasteiger partial charge in [-0.1, -0.05) is 19.1 Å². The van der Waals surface area contributed by atoms with Crippen molar-refractivity contribution in [2.24, 2.45) is 5.92 Å². The van der Waals surface area contributed by atoms with Gasteiger partial charge in [0.15, 0.2) is 0 Å². The van der Waals surface area contributed by atoms with Crippen LogP contribution >= 0.6 is 0 Å². The number of amides is 1. The minimum absolute atomic E-state index is 0.00195. The molecule has 0 saturated heterocycles. The first-order valence-corrected chi connectivity index (χ1v) is 5.38. The van der Waals surface area contributed by atoms with Crippen LogP contribution in [0.5, 0.6) is 5.75 Å². The van der Waals surface area contributed by atoms with E-state index in [0.717, 1.165) is 17.7 Å². The van der Waals surface area contributed by atoms with E-state index in [9.17, 15) is 4.79 Å². The Balaban J connectivity index is 2.69. The van der Waals surface area contributed by atoms with Gasteiger partial charge in [-0.05, 0) is 24.1 Å². The molecule has 1 unspecified atom stereocenters. The molecule has 0 bridgehead atoms. The molecule has 0 radical (unpaired) electrons. The number of carbonyl (C=O) groups excluding carboxylic acids is 1. The normalized spacial score (nSPS) is 12.0. The van der Waals surface area contributed by atoms with Crippen molar-refractivity contribution in [3.8, 4) is 5.75 Å². The van der Waals surface area contributed by atoms with Gasteiger partial charge < -0.3 is 9.64 Å². The Kier molecular flexibility index (Phi) is 4.35. The number of carbonyl (C=O) groups is 1. The lowest BCUT2D eigenvalue weighted by molar-refractivity contribution is -0.132. The van der Waals surface area contributed by atoms with Gasteiger partial charge in [0, 0.05) is 20.0 Å². The average molecular weight is 221 g/mol. The Morgan fingerprint density at radius 3 is 2.69 bits per heavy atom. The van der Waals surface area contributed by atoms with Gasteiger partial charge in [-0.25, -0.2) is 0 Å². The van der Waals surface area contributed by atoms with E-state index >= 15 is 0 Å². The highest BCUT2D eigenvalue weighted by molar-refractivity contribution is 5.78. The van der Waals surface area contributed by atoms with Crippen molar-refractivity contribution in [3.05, 3.63) is 29.8 Å². The summed E-state index contributed by atoms with van der Waals surface area (Å²) in [4.78, 5) is 13.3. The molecule has 0 saturated carbocycles. The molecule has 16 heavy (non-hydrogen) atoms. The Labute approximate surface area is 97.0 Å². The van der Waals surface area contributed by atoms with Crippen molar-refractivity contribution in [1.82, 2.24) is 4.90 Å². The number of benzene rings is 1. The van der Waals surface area contributed by atoms with Crippen LogP contribution in [0, 0.1) is 5.92 Å². The first-order valence-electron chi connectivity index (χ1n) is 5.38. The summed E-state index contributed by atoms with van der Waals surface area (Å²) < 4.78 is 5.15. The van der Waals surface area contributed by atoms with E-state index in [1.807, 2.05) is 31.2 Å². The van der Waals surface area contributed by atoms with Crippen LogP contribution in [0.3, 0.4) is 0 Å². The van der Waals surface area contributed by atoms with E-state index in [0.29, 0.717) is 0 Å². The zero-order valence-corrected chi connectivity index (χ0v) is 10.4. The summed E-state index contributed by atoms with van der Waals surface area (Å²) in [6.45, 7) is 1.95. The molecule has 1 amide bonds. The van der Waals surface area contributed by atoms with E-state index in [2.05, 4.69) is 0 Å². The Hall–Kier alpha value is -1.51. The maximum atomic E-state index is 11.7. The van der Waals surface area contributed by atoms with Crippen LogP contribution in [0.2, 0.25) is 0 Å². The van der Waals surface area contributed by atoms with E-state index in [-0.39, 0.29) is 11.8 Å². The topological polar surface area (TPSA) is 29.5 Å². The zero-order valence-electron chi connectivity index (χ0n) is 10.4. The van der Waals surface area contributed by atoms with Gasteiger partial charge in [0.25, 0.3) is 0 Å². The first kappa shape index (κ1) is 12.6. The van der Waals surface area contributed by atoms with Gasteiger partial charge in [0.2, 0.25) is 5.91 Å². The summed E-state index contributed by atoms with van der Waals surface area (Å²) in [7, 11) is 5.21. The number of rotatable bonds is 4. The summed E-state index contributed by atoms with van der Waals surface area (Å²) in [6.07, 6.45) is 0.744. The fourth-order valence-electron chi connectivity index (χ4n) is 1.68. The van der Waals surface area contributed by atoms with Gasteiger partial charge >= 0.3 is 0 Å². The molecular weight excluding hydrogens is 202 g/mol. The lowest BCUT2D eigenvalue weighted by atomic mass is 10.00. The van der Waals surface area contributed by atoms with Crippen molar-refractivity contribution >= 4 is 5.91 Å². The lowest BCUT2D eigenvalue weighted by Crippen LogP contribution is -2.29. The van der Waals surface area contributed by atoms with Crippen LogP contribution in [0.1, 0.15) is 12.5 Å². The number of hydrogen-bond donors (Lipinski definition) is 0. The standard InChI is InChI=1S/C13H19NO2/c1-10(13(15)14(2)3)8-11-6-5-7-12(9-11)16-4/h5-7,9-10H,8H2,1-4H3. The maximum absolute atomic E-state index is 11.7. The van der Waals surface area contributed by atoms with Crippen LogP contribution in [0.25, 0.3) is 0 Å². The molecule has 1 aromatic carbocycles. The number of ether oxygens (including phenoxy) is 1. The van der Waals surface area contributed by atoms with Crippen molar-refractivity contribution in [2.45, 2.75) is 13.3 Å².